The Hall–Kier alpha value is -7.20. The summed E-state index contributed by atoms with van der Waals surface area (Å²) in [7, 11) is 1.30. The number of carboxylic acids is 1. The van der Waals surface area contributed by atoms with Crippen LogP contribution in [0.25, 0.3) is 0 Å². The van der Waals surface area contributed by atoms with Crippen molar-refractivity contribution >= 4 is 35.1 Å². The van der Waals surface area contributed by atoms with E-state index in [1.54, 1.807) is 78.9 Å². The molecule has 3 N–H and O–H groups in total. The maximum atomic E-state index is 12.5. The van der Waals surface area contributed by atoms with Gasteiger partial charge < -0.3 is 30.0 Å². The van der Waals surface area contributed by atoms with Crippen molar-refractivity contribution in [1.29, 1.82) is 0 Å². The van der Waals surface area contributed by atoms with Crippen molar-refractivity contribution in [2.24, 2.45) is 0 Å². The summed E-state index contributed by atoms with van der Waals surface area (Å²) in [5.74, 6) is -1.35. The van der Waals surface area contributed by atoms with E-state index in [1.807, 2.05) is 66.7 Å². The molecule has 0 heterocycles. The molecule has 0 aliphatic rings. The van der Waals surface area contributed by atoms with Gasteiger partial charge in [-0.2, -0.15) is 0 Å². The van der Waals surface area contributed by atoms with E-state index in [2.05, 4.69) is 10.6 Å². The first-order chi connectivity index (χ1) is 25.8. The first kappa shape index (κ1) is 37.1. The third kappa shape index (κ3) is 10.9. The fourth-order valence-electron chi connectivity index (χ4n) is 4.96. The molecule has 0 aliphatic carbocycles. The fourth-order valence-corrected chi connectivity index (χ4v) is 4.96. The SMILES string of the molecule is COC(=O)c1ccc(OCc2ccccc2)cc1NC(=O)c1ccccc1.O=C(Nc1cc(OCc2ccccc2)ccc1C(=O)O)c1ccccc1. The van der Waals surface area contributed by atoms with Crippen LogP contribution in [0, 0.1) is 0 Å². The van der Waals surface area contributed by atoms with Crippen LogP contribution in [-0.4, -0.2) is 36.0 Å². The van der Waals surface area contributed by atoms with Gasteiger partial charge in [0.05, 0.1) is 29.6 Å². The zero-order valence-electron chi connectivity index (χ0n) is 28.7. The molecular weight excluding hydrogens is 672 g/mol. The van der Waals surface area contributed by atoms with Gasteiger partial charge in [0.1, 0.15) is 24.7 Å². The maximum Gasteiger partial charge on any atom is 0.339 e. The van der Waals surface area contributed by atoms with E-state index in [0.717, 1.165) is 11.1 Å². The van der Waals surface area contributed by atoms with Gasteiger partial charge in [0, 0.05) is 23.3 Å². The number of aromatic carboxylic acids is 1. The van der Waals surface area contributed by atoms with Crippen molar-refractivity contribution in [3.8, 4) is 11.5 Å². The van der Waals surface area contributed by atoms with Crippen LogP contribution < -0.4 is 20.1 Å². The van der Waals surface area contributed by atoms with Gasteiger partial charge in [-0.25, -0.2) is 9.59 Å². The van der Waals surface area contributed by atoms with Crippen LogP contribution in [0.5, 0.6) is 11.5 Å². The van der Waals surface area contributed by atoms with Crippen molar-refractivity contribution < 1.29 is 38.5 Å². The van der Waals surface area contributed by atoms with E-state index in [1.165, 1.54) is 19.2 Å². The van der Waals surface area contributed by atoms with E-state index in [0.29, 0.717) is 41.5 Å². The van der Waals surface area contributed by atoms with Gasteiger partial charge in [0.25, 0.3) is 11.8 Å². The van der Waals surface area contributed by atoms with E-state index < -0.39 is 11.9 Å². The Kier molecular flexibility index (Phi) is 13.1. The largest absolute Gasteiger partial charge is 0.489 e. The standard InChI is InChI=1S/C22H19NO4.C21H17NO4/c1-26-22(25)19-13-12-18(27-15-16-8-4-2-5-9-16)14-20(19)23-21(24)17-10-6-3-7-11-17;23-20(16-9-5-2-6-10-16)22-19-13-17(11-12-18(19)21(24)25)26-14-15-7-3-1-4-8-15/h2-14H,15H2,1H3,(H,23,24);1-13H,14H2,(H,22,23)(H,24,25). The number of carboxylic acid groups (broad SMARTS) is 1. The molecule has 0 radical (unpaired) electrons. The predicted octanol–water partition coefficient (Wildman–Crippen LogP) is 8.52. The zero-order chi connectivity index (χ0) is 37.4. The molecule has 0 aromatic heterocycles. The summed E-state index contributed by atoms with van der Waals surface area (Å²) in [6.07, 6.45) is 0. The van der Waals surface area contributed by atoms with Crippen molar-refractivity contribution in [2.45, 2.75) is 13.2 Å². The number of nitrogens with one attached hydrogen (secondary N) is 2. The molecule has 0 atom stereocenters. The van der Waals surface area contributed by atoms with Gasteiger partial charge >= 0.3 is 11.9 Å². The molecule has 0 saturated carbocycles. The van der Waals surface area contributed by atoms with Gasteiger partial charge in [0.15, 0.2) is 0 Å². The van der Waals surface area contributed by atoms with Crippen LogP contribution in [0.2, 0.25) is 0 Å². The minimum atomic E-state index is -1.12. The number of esters is 1. The van der Waals surface area contributed by atoms with Crippen LogP contribution in [0.3, 0.4) is 0 Å². The van der Waals surface area contributed by atoms with Gasteiger partial charge in [-0.15, -0.1) is 0 Å². The second-order valence-corrected chi connectivity index (χ2v) is 11.4. The van der Waals surface area contributed by atoms with Crippen LogP contribution in [-0.2, 0) is 18.0 Å². The highest BCUT2D eigenvalue weighted by Crippen LogP contribution is 2.26. The van der Waals surface area contributed by atoms with Gasteiger partial charge in [-0.1, -0.05) is 97.1 Å². The van der Waals surface area contributed by atoms with Crippen LogP contribution in [0.4, 0.5) is 11.4 Å². The quantitative estimate of drug-likeness (QED) is 0.108. The Morgan fingerprint density at radius 2 is 0.887 bits per heavy atom. The molecule has 6 aromatic carbocycles. The molecule has 0 bridgehead atoms. The van der Waals surface area contributed by atoms with E-state index in [-0.39, 0.29) is 28.6 Å². The third-order valence-electron chi connectivity index (χ3n) is 7.68. The smallest absolute Gasteiger partial charge is 0.339 e. The minimum Gasteiger partial charge on any atom is -0.489 e. The predicted molar refractivity (Wildman–Crippen MR) is 202 cm³/mol. The maximum absolute atomic E-state index is 12.5. The lowest BCUT2D eigenvalue weighted by Gasteiger charge is -2.13. The normalized spacial score (nSPS) is 10.1. The number of carbonyl (C=O) groups excluding carboxylic acids is 3. The Bertz CT molecular complexity index is 2140. The number of anilines is 2. The number of rotatable bonds is 12. The average molecular weight is 709 g/mol. The van der Waals surface area contributed by atoms with Crippen molar-refractivity contribution in [3.63, 3.8) is 0 Å². The van der Waals surface area contributed by atoms with Crippen LogP contribution in [0.1, 0.15) is 52.6 Å². The summed E-state index contributed by atoms with van der Waals surface area (Å²) >= 11 is 0. The monoisotopic (exact) mass is 708 g/mol. The highest BCUT2D eigenvalue weighted by Gasteiger charge is 2.17. The zero-order valence-corrected chi connectivity index (χ0v) is 28.7. The third-order valence-corrected chi connectivity index (χ3v) is 7.68. The molecule has 2 amide bonds. The Morgan fingerprint density at radius 3 is 1.28 bits per heavy atom. The lowest BCUT2D eigenvalue weighted by Crippen LogP contribution is -2.15. The summed E-state index contributed by atoms with van der Waals surface area (Å²) in [6, 6.07) is 46.1. The highest BCUT2D eigenvalue weighted by molar-refractivity contribution is 6.09. The molecule has 6 aromatic rings. The molecule has 0 saturated heterocycles. The second-order valence-electron chi connectivity index (χ2n) is 11.4. The van der Waals surface area contributed by atoms with E-state index >= 15 is 0 Å². The molecule has 10 nitrogen and oxygen atoms in total. The summed E-state index contributed by atoms with van der Waals surface area (Å²) in [5.41, 5.74) is 3.73. The summed E-state index contributed by atoms with van der Waals surface area (Å²) in [5, 5.41) is 14.8. The molecule has 0 unspecified atom stereocenters. The number of ether oxygens (including phenoxy) is 3. The first-order valence-corrected chi connectivity index (χ1v) is 16.5. The fraction of sp³-hybridized carbons (Fsp3) is 0.0698. The van der Waals surface area contributed by atoms with Gasteiger partial charge in [-0.05, 0) is 59.7 Å². The second kappa shape index (κ2) is 18.7. The Labute approximate surface area is 306 Å². The highest BCUT2D eigenvalue weighted by atomic mass is 16.5. The van der Waals surface area contributed by atoms with Crippen molar-refractivity contribution in [1.82, 2.24) is 0 Å². The molecule has 0 aliphatic heterocycles. The Morgan fingerprint density at radius 1 is 0.509 bits per heavy atom. The number of methoxy groups -OCH3 is 1. The molecule has 266 valence electrons. The van der Waals surface area contributed by atoms with Crippen molar-refractivity contribution in [2.75, 3.05) is 17.7 Å². The molecule has 10 heteroatoms. The summed E-state index contributed by atoms with van der Waals surface area (Å²) in [4.78, 5) is 48.3. The number of carbonyl (C=O) groups is 4. The van der Waals surface area contributed by atoms with Crippen LogP contribution >= 0.6 is 0 Å². The average Bonchev–Trinajstić information content (AvgIpc) is 3.20. The van der Waals surface area contributed by atoms with Crippen molar-refractivity contribution in [3.05, 3.63) is 191 Å². The van der Waals surface area contributed by atoms with Crippen LogP contribution in [0.15, 0.2) is 158 Å². The van der Waals surface area contributed by atoms with E-state index in [9.17, 15) is 24.3 Å². The summed E-state index contributed by atoms with van der Waals surface area (Å²) < 4.78 is 16.3. The molecule has 0 spiro atoms. The molecule has 6 rings (SSSR count). The number of hydrogen-bond acceptors (Lipinski definition) is 7. The van der Waals surface area contributed by atoms with E-state index in [4.69, 9.17) is 14.2 Å². The lowest BCUT2D eigenvalue weighted by atomic mass is 10.1. The molecule has 0 fully saturated rings. The topological polar surface area (TPSA) is 140 Å². The number of benzene rings is 6. The van der Waals surface area contributed by atoms with Gasteiger partial charge in [0.2, 0.25) is 0 Å². The Balaban J connectivity index is 0.000000204. The number of amides is 2. The first-order valence-electron chi connectivity index (χ1n) is 16.5. The molecular formula is C43H36N2O8. The number of hydrogen-bond donors (Lipinski definition) is 3. The van der Waals surface area contributed by atoms with Gasteiger partial charge in [-0.3, -0.25) is 9.59 Å². The minimum absolute atomic E-state index is 0.00124. The lowest BCUT2D eigenvalue weighted by molar-refractivity contribution is 0.0600. The molecule has 53 heavy (non-hydrogen) atoms. The summed E-state index contributed by atoms with van der Waals surface area (Å²) in [6.45, 7) is 0.726.